The van der Waals surface area contributed by atoms with Crippen LogP contribution in [0.1, 0.15) is 20.3 Å². The number of hydrogen-bond acceptors (Lipinski definition) is 4. The molecule has 0 radical (unpaired) electrons. The number of rotatable bonds is 4. The van der Waals surface area contributed by atoms with Gasteiger partial charge in [0.2, 0.25) is 5.91 Å². The molecule has 0 saturated heterocycles. The van der Waals surface area contributed by atoms with Gasteiger partial charge in [0.25, 0.3) is 0 Å². The number of hydrogen-bond donors (Lipinski definition) is 2. The summed E-state index contributed by atoms with van der Waals surface area (Å²) in [5.41, 5.74) is 1.59. The van der Waals surface area contributed by atoms with Crippen molar-refractivity contribution in [3.05, 3.63) is 12.1 Å². The second-order valence-electron chi connectivity index (χ2n) is 5.07. The van der Waals surface area contributed by atoms with E-state index >= 15 is 0 Å². The van der Waals surface area contributed by atoms with E-state index in [1.165, 1.54) is 0 Å². The molecule has 2 rings (SSSR count). The summed E-state index contributed by atoms with van der Waals surface area (Å²) in [6, 6.07) is 3.41. The first-order valence-corrected chi connectivity index (χ1v) is 6.38. The van der Waals surface area contributed by atoms with Gasteiger partial charge in [0.1, 0.15) is 6.04 Å². The maximum absolute atomic E-state index is 12.0. The number of methoxy groups -OCH3 is 2. The maximum atomic E-state index is 12.0. The molecule has 1 aliphatic rings. The molecule has 0 spiro atoms. The molecule has 1 heterocycles. The SMILES string of the molecule is COc1cc2c(cc1OC)NC(CC(C)C)C(=O)N2. The van der Waals surface area contributed by atoms with Gasteiger partial charge in [-0.25, -0.2) is 0 Å². The fraction of sp³-hybridized carbons (Fsp3) is 0.500. The third-order valence-corrected chi connectivity index (χ3v) is 3.13. The van der Waals surface area contributed by atoms with Crippen LogP contribution in [0.4, 0.5) is 11.4 Å². The van der Waals surface area contributed by atoms with Crippen molar-refractivity contribution in [2.45, 2.75) is 26.3 Å². The van der Waals surface area contributed by atoms with Gasteiger partial charge in [-0.05, 0) is 12.3 Å². The molecule has 0 saturated carbocycles. The number of carbonyl (C=O) groups is 1. The Hall–Kier alpha value is -1.91. The normalized spacial score (nSPS) is 17.5. The molecule has 1 aliphatic heterocycles. The smallest absolute Gasteiger partial charge is 0.246 e. The summed E-state index contributed by atoms with van der Waals surface area (Å²) in [6.45, 7) is 4.19. The Balaban J connectivity index is 2.31. The molecule has 1 atom stereocenters. The number of nitrogens with one attached hydrogen (secondary N) is 2. The van der Waals surface area contributed by atoms with E-state index in [1.807, 2.05) is 6.07 Å². The first kappa shape index (κ1) is 13.5. The van der Waals surface area contributed by atoms with Crippen LogP contribution >= 0.6 is 0 Å². The van der Waals surface area contributed by atoms with Crippen LogP contribution in [0.2, 0.25) is 0 Å². The van der Waals surface area contributed by atoms with Gasteiger partial charge in [-0.1, -0.05) is 13.8 Å². The molecule has 104 valence electrons. The molecule has 0 bridgehead atoms. The lowest BCUT2D eigenvalue weighted by atomic mass is 10.0. The zero-order valence-electron chi connectivity index (χ0n) is 11.7. The van der Waals surface area contributed by atoms with Crippen LogP contribution < -0.4 is 20.1 Å². The fourth-order valence-electron chi connectivity index (χ4n) is 2.21. The topological polar surface area (TPSA) is 59.6 Å². The molecule has 0 aromatic heterocycles. The monoisotopic (exact) mass is 264 g/mol. The third-order valence-electron chi connectivity index (χ3n) is 3.13. The summed E-state index contributed by atoms with van der Waals surface area (Å²) >= 11 is 0. The number of anilines is 2. The van der Waals surface area contributed by atoms with Crippen LogP contribution in [0, 0.1) is 5.92 Å². The van der Waals surface area contributed by atoms with E-state index in [0.29, 0.717) is 17.4 Å². The Morgan fingerprint density at radius 3 is 2.26 bits per heavy atom. The van der Waals surface area contributed by atoms with E-state index in [1.54, 1.807) is 20.3 Å². The molecule has 1 aromatic rings. The Bertz CT molecular complexity index is 486. The van der Waals surface area contributed by atoms with E-state index in [0.717, 1.165) is 17.8 Å². The molecule has 5 nitrogen and oxygen atoms in total. The minimum absolute atomic E-state index is 0.00609. The molecule has 0 fully saturated rings. The highest BCUT2D eigenvalue weighted by Crippen LogP contribution is 2.38. The Kier molecular flexibility index (Phi) is 3.83. The molecular weight excluding hydrogens is 244 g/mol. The fourth-order valence-corrected chi connectivity index (χ4v) is 2.21. The van der Waals surface area contributed by atoms with Gasteiger partial charge in [-0.3, -0.25) is 4.79 Å². The standard InChI is InChI=1S/C14H20N2O3/c1-8(2)5-11-14(17)16-10-7-13(19-4)12(18-3)6-9(10)15-11/h6-8,11,15H,5H2,1-4H3,(H,16,17). The van der Waals surface area contributed by atoms with Crippen molar-refractivity contribution < 1.29 is 14.3 Å². The lowest BCUT2D eigenvalue weighted by Crippen LogP contribution is -2.39. The summed E-state index contributed by atoms with van der Waals surface area (Å²) in [5.74, 6) is 1.69. The van der Waals surface area contributed by atoms with Crippen molar-refractivity contribution in [2.75, 3.05) is 24.9 Å². The highest BCUT2D eigenvalue weighted by atomic mass is 16.5. The highest BCUT2D eigenvalue weighted by molar-refractivity contribution is 6.03. The summed E-state index contributed by atoms with van der Waals surface area (Å²) in [4.78, 5) is 12.0. The lowest BCUT2D eigenvalue weighted by molar-refractivity contribution is -0.117. The number of benzene rings is 1. The summed E-state index contributed by atoms with van der Waals surface area (Å²) in [7, 11) is 3.17. The lowest BCUT2D eigenvalue weighted by Gasteiger charge is -2.28. The second-order valence-corrected chi connectivity index (χ2v) is 5.07. The number of amides is 1. The average molecular weight is 264 g/mol. The summed E-state index contributed by atoms with van der Waals surface area (Å²) in [6.07, 6.45) is 0.791. The zero-order valence-corrected chi connectivity index (χ0v) is 11.7. The predicted octanol–water partition coefficient (Wildman–Crippen LogP) is 2.48. The second kappa shape index (κ2) is 5.38. The van der Waals surface area contributed by atoms with Crippen molar-refractivity contribution in [3.63, 3.8) is 0 Å². The molecule has 0 aliphatic carbocycles. The molecule has 5 heteroatoms. The van der Waals surface area contributed by atoms with Gasteiger partial charge in [0, 0.05) is 12.1 Å². The van der Waals surface area contributed by atoms with Gasteiger partial charge in [-0.2, -0.15) is 0 Å². The Labute approximate surface area is 113 Å². The van der Waals surface area contributed by atoms with Gasteiger partial charge >= 0.3 is 0 Å². The quantitative estimate of drug-likeness (QED) is 0.877. The molecule has 19 heavy (non-hydrogen) atoms. The summed E-state index contributed by atoms with van der Waals surface area (Å²) < 4.78 is 10.5. The largest absolute Gasteiger partial charge is 0.493 e. The molecule has 1 unspecified atom stereocenters. The van der Waals surface area contributed by atoms with Crippen LogP contribution in [0.3, 0.4) is 0 Å². The van der Waals surface area contributed by atoms with Gasteiger partial charge in [-0.15, -0.1) is 0 Å². The van der Waals surface area contributed by atoms with Crippen LogP contribution in [0.25, 0.3) is 0 Å². The highest BCUT2D eigenvalue weighted by Gasteiger charge is 2.27. The van der Waals surface area contributed by atoms with Gasteiger partial charge in [0.15, 0.2) is 11.5 Å². The van der Waals surface area contributed by atoms with Crippen LogP contribution in [-0.4, -0.2) is 26.2 Å². The first-order chi connectivity index (χ1) is 9.05. The minimum atomic E-state index is -0.203. The predicted molar refractivity (Wildman–Crippen MR) is 75.0 cm³/mol. The third kappa shape index (κ3) is 2.75. The van der Waals surface area contributed by atoms with Gasteiger partial charge < -0.3 is 20.1 Å². The molecule has 2 N–H and O–H groups in total. The minimum Gasteiger partial charge on any atom is -0.493 e. The molecular formula is C14H20N2O3. The summed E-state index contributed by atoms with van der Waals surface area (Å²) in [5, 5.41) is 6.16. The average Bonchev–Trinajstić information content (AvgIpc) is 2.37. The van der Waals surface area contributed by atoms with Crippen molar-refractivity contribution >= 4 is 17.3 Å². The van der Waals surface area contributed by atoms with E-state index < -0.39 is 0 Å². The van der Waals surface area contributed by atoms with Crippen LogP contribution in [0.5, 0.6) is 11.5 Å². The number of carbonyl (C=O) groups excluding carboxylic acids is 1. The Morgan fingerprint density at radius 2 is 1.74 bits per heavy atom. The Morgan fingerprint density at radius 1 is 1.16 bits per heavy atom. The van der Waals surface area contributed by atoms with Crippen molar-refractivity contribution in [2.24, 2.45) is 5.92 Å². The molecule has 1 amide bonds. The maximum Gasteiger partial charge on any atom is 0.246 e. The van der Waals surface area contributed by atoms with E-state index in [9.17, 15) is 4.79 Å². The van der Waals surface area contributed by atoms with E-state index in [-0.39, 0.29) is 11.9 Å². The number of ether oxygens (including phenoxy) is 2. The van der Waals surface area contributed by atoms with E-state index in [4.69, 9.17) is 9.47 Å². The zero-order chi connectivity index (χ0) is 14.0. The van der Waals surface area contributed by atoms with Gasteiger partial charge in [0.05, 0.1) is 25.6 Å². The van der Waals surface area contributed by atoms with Crippen LogP contribution in [0.15, 0.2) is 12.1 Å². The van der Waals surface area contributed by atoms with E-state index in [2.05, 4.69) is 24.5 Å². The van der Waals surface area contributed by atoms with Crippen molar-refractivity contribution in [1.82, 2.24) is 0 Å². The van der Waals surface area contributed by atoms with Crippen molar-refractivity contribution in [1.29, 1.82) is 0 Å². The van der Waals surface area contributed by atoms with Crippen molar-refractivity contribution in [3.8, 4) is 11.5 Å². The first-order valence-electron chi connectivity index (χ1n) is 6.38. The number of fused-ring (bicyclic) bond motifs is 1. The van der Waals surface area contributed by atoms with Crippen LogP contribution in [-0.2, 0) is 4.79 Å². The molecule has 1 aromatic carbocycles.